The van der Waals surface area contributed by atoms with E-state index >= 15 is 0 Å². The molecule has 0 unspecified atom stereocenters. The molecular weight excluding hydrogens is 593 g/mol. The number of fused-ring (bicyclic) bond motifs is 7. The van der Waals surface area contributed by atoms with E-state index in [0.29, 0.717) is 0 Å². The van der Waals surface area contributed by atoms with Gasteiger partial charge in [0.15, 0.2) is 0 Å². The molecule has 0 N–H and O–H groups in total. The molecule has 1 aromatic heterocycles. The van der Waals surface area contributed by atoms with Crippen LogP contribution in [0.2, 0.25) is 0 Å². The van der Waals surface area contributed by atoms with E-state index in [-0.39, 0.29) is 0 Å². The molecule has 0 spiro atoms. The third-order valence-corrected chi connectivity index (χ3v) is 9.97. The second-order valence-corrected chi connectivity index (χ2v) is 12.8. The summed E-state index contributed by atoms with van der Waals surface area (Å²) in [5, 5.41) is 10.1. The summed E-state index contributed by atoms with van der Waals surface area (Å²) in [4.78, 5) is 5.10. The van der Waals surface area contributed by atoms with Crippen LogP contribution in [0.1, 0.15) is 0 Å². The highest BCUT2D eigenvalue weighted by Crippen LogP contribution is 2.42. The van der Waals surface area contributed by atoms with Crippen molar-refractivity contribution in [2.45, 2.75) is 0 Å². The maximum atomic E-state index is 5.10. The number of hydrogen-bond acceptors (Lipinski definition) is 1. The molecule has 9 aromatic carbocycles. The maximum Gasteiger partial charge on any atom is 0.145 e. The number of rotatable bonds is 4. The van der Waals surface area contributed by atoms with Gasteiger partial charge in [-0.2, -0.15) is 0 Å². The van der Waals surface area contributed by atoms with Crippen LogP contribution in [0.5, 0.6) is 0 Å². The van der Waals surface area contributed by atoms with Gasteiger partial charge in [-0.15, -0.1) is 0 Å². The molecule has 2 heteroatoms. The fourth-order valence-electron chi connectivity index (χ4n) is 7.64. The van der Waals surface area contributed by atoms with Gasteiger partial charge >= 0.3 is 0 Å². The Bertz CT molecular complexity index is 2860. The Kier molecular flexibility index (Phi) is 6.22. The first-order valence-corrected chi connectivity index (χ1v) is 16.8. The Morgan fingerprint density at radius 2 is 0.878 bits per heavy atom. The van der Waals surface area contributed by atoms with Crippen LogP contribution in [0, 0.1) is 0 Å². The predicted molar refractivity (Wildman–Crippen MR) is 207 cm³/mol. The minimum atomic E-state index is 0.939. The van der Waals surface area contributed by atoms with E-state index in [1.54, 1.807) is 0 Å². The van der Waals surface area contributed by atoms with E-state index in [1.807, 2.05) is 0 Å². The number of para-hydroxylation sites is 3. The van der Waals surface area contributed by atoms with Crippen LogP contribution in [-0.4, -0.2) is 9.55 Å². The van der Waals surface area contributed by atoms with Gasteiger partial charge in [0.05, 0.1) is 11.0 Å². The third kappa shape index (κ3) is 4.46. The lowest BCUT2D eigenvalue weighted by Crippen LogP contribution is -1.97. The van der Waals surface area contributed by atoms with Crippen molar-refractivity contribution in [3.8, 4) is 39.3 Å². The summed E-state index contributed by atoms with van der Waals surface area (Å²) < 4.78 is 2.26. The molecule has 1 heterocycles. The summed E-state index contributed by atoms with van der Waals surface area (Å²) in [6, 6.07) is 65.7. The van der Waals surface area contributed by atoms with E-state index in [1.165, 1.54) is 65.3 Å². The molecule has 0 bridgehead atoms. The lowest BCUT2D eigenvalue weighted by molar-refractivity contribution is 1.10. The molecule has 0 fully saturated rings. The SMILES string of the molecule is c1ccc(-n2c(-c3ccc(-c4cc5c6ccccc6c(-c6ccc7ccccc7c6)cc5c5ccccc45)cc3)nc3ccccc32)cc1. The topological polar surface area (TPSA) is 17.8 Å². The predicted octanol–water partition coefficient (Wildman–Crippen LogP) is 12.6. The van der Waals surface area contributed by atoms with Crippen molar-refractivity contribution in [1.82, 2.24) is 9.55 Å². The minimum absolute atomic E-state index is 0.939. The first kappa shape index (κ1) is 27.6. The molecule has 228 valence electrons. The molecule has 10 aromatic rings. The third-order valence-electron chi connectivity index (χ3n) is 9.97. The fraction of sp³-hybridized carbons (Fsp3) is 0. The highest BCUT2D eigenvalue weighted by Gasteiger charge is 2.17. The van der Waals surface area contributed by atoms with E-state index in [4.69, 9.17) is 4.98 Å². The average Bonchev–Trinajstić information content (AvgIpc) is 3.57. The quantitative estimate of drug-likeness (QED) is 0.179. The molecule has 0 aliphatic rings. The monoisotopic (exact) mass is 622 g/mol. The Labute approximate surface area is 284 Å². The minimum Gasteiger partial charge on any atom is -0.292 e. The molecule has 0 aliphatic heterocycles. The van der Waals surface area contributed by atoms with Gasteiger partial charge in [-0.05, 0) is 108 Å². The highest BCUT2D eigenvalue weighted by molar-refractivity contribution is 6.24. The lowest BCUT2D eigenvalue weighted by Gasteiger charge is -2.16. The second-order valence-electron chi connectivity index (χ2n) is 12.8. The van der Waals surface area contributed by atoms with Crippen molar-refractivity contribution in [3.05, 3.63) is 182 Å². The number of hydrogen-bond donors (Lipinski definition) is 0. The van der Waals surface area contributed by atoms with Gasteiger partial charge in [0.1, 0.15) is 5.82 Å². The van der Waals surface area contributed by atoms with Crippen molar-refractivity contribution in [1.29, 1.82) is 0 Å². The van der Waals surface area contributed by atoms with Gasteiger partial charge in [0, 0.05) is 11.3 Å². The molecule has 0 atom stereocenters. The first-order chi connectivity index (χ1) is 24.3. The van der Waals surface area contributed by atoms with Gasteiger partial charge in [-0.25, -0.2) is 4.98 Å². The molecule has 0 aliphatic carbocycles. The van der Waals surface area contributed by atoms with Crippen LogP contribution in [0.15, 0.2) is 182 Å². The molecule has 0 radical (unpaired) electrons. The Hall–Kier alpha value is -6.51. The Morgan fingerprint density at radius 3 is 1.59 bits per heavy atom. The van der Waals surface area contributed by atoms with Gasteiger partial charge in [0.2, 0.25) is 0 Å². The van der Waals surface area contributed by atoms with Crippen LogP contribution in [0.3, 0.4) is 0 Å². The zero-order valence-corrected chi connectivity index (χ0v) is 26.7. The first-order valence-electron chi connectivity index (χ1n) is 16.8. The summed E-state index contributed by atoms with van der Waals surface area (Å²) in [6.45, 7) is 0. The van der Waals surface area contributed by atoms with Crippen LogP contribution in [0.25, 0.3) is 93.5 Å². The average molecular weight is 623 g/mol. The summed E-state index contributed by atoms with van der Waals surface area (Å²) >= 11 is 0. The van der Waals surface area contributed by atoms with Gasteiger partial charge in [-0.1, -0.05) is 140 Å². The van der Waals surface area contributed by atoms with Gasteiger partial charge in [-0.3, -0.25) is 4.57 Å². The molecule has 0 saturated heterocycles. The lowest BCUT2D eigenvalue weighted by atomic mass is 9.87. The Morgan fingerprint density at radius 1 is 0.347 bits per heavy atom. The summed E-state index contributed by atoms with van der Waals surface area (Å²) in [5.41, 5.74) is 9.19. The summed E-state index contributed by atoms with van der Waals surface area (Å²) in [5.74, 6) is 0.939. The molecule has 2 nitrogen and oxygen atoms in total. The molecule has 10 rings (SSSR count). The number of aromatic nitrogens is 2. The molecular formula is C47H30N2. The smallest absolute Gasteiger partial charge is 0.145 e. The van der Waals surface area contributed by atoms with Crippen molar-refractivity contribution in [2.24, 2.45) is 0 Å². The van der Waals surface area contributed by atoms with Crippen LogP contribution >= 0.6 is 0 Å². The van der Waals surface area contributed by atoms with E-state index in [0.717, 1.165) is 28.1 Å². The zero-order chi connectivity index (χ0) is 32.3. The van der Waals surface area contributed by atoms with Crippen molar-refractivity contribution in [2.75, 3.05) is 0 Å². The van der Waals surface area contributed by atoms with Crippen LogP contribution in [0.4, 0.5) is 0 Å². The highest BCUT2D eigenvalue weighted by atomic mass is 15.1. The van der Waals surface area contributed by atoms with Crippen LogP contribution < -0.4 is 0 Å². The van der Waals surface area contributed by atoms with Gasteiger partial charge < -0.3 is 0 Å². The summed E-state index contributed by atoms with van der Waals surface area (Å²) in [7, 11) is 0. The number of imidazole rings is 1. The standard InChI is InChI=1S/C47H30N2/c1-2-14-36(15-3-1)49-46-21-11-10-20-45(46)48-47(49)33-25-23-32(24-26-33)41-29-43-40-19-9-7-17-38(40)42(30-44(43)39-18-8-6-16-37(39)41)35-27-22-31-12-4-5-13-34(31)28-35/h1-30H. The largest absolute Gasteiger partial charge is 0.292 e. The fourth-order valence-corrected chi connectivity index (χ4v) is 7.64. The van der Waals surface area contributed by atoms with Crippen molar-refractivity contribution < 1.29 is 0 Å². The van der Waals surface area contributed by atoms with E-state index in [9.17, 15) is 0 Å². The maximum absolute atomic E-state index is 5.10. The summed E-state index contributed by atoms with van der Waals surface area (Å²) in [6.07, 6.45) is 0. The normalized spacial score (nSPS) is 11.7. The molecule has 0 saturated carbocycles. The van der Waals surface area contributed by atoms with Gasteiger partial charge in [0.25, 0.3) is 0 Å². The van der Waals surface area contributed by atoms with Crippen molar-refractivity contribution >= 4 is 54.1 Å². The number of benzene rings is 9. The number of nitrogens with zero attached hydrogens (tertiary/aromatic N) is 2. The van der Waals surface area contributed by atoms with E-state index < -0.39 is 0 Å². The second kappa shape index (κ2) is 11.0. The zero-order valence-electron chi connectivity index (χ0n) is 26.7. The Balaban J connectivity index is 1.16. The molecule has 0 amide bonds. The van der Waals surface area contributed by atoms with Crippen LogP contribution in [-0.2, 0) is 0 Å². The van der Waals surface area contributed by atoms with E-state index in [2.05, 4.69) is 187 Å². The van der Waals surface area contributed by atoms with Crippen molar-refractivity contribution in [3.63, 3.8) is 0 Å². The molecule has 49 heavy (non-hydrogen) atoms.